The SMILES string of the molecule is CCC(CC)NC(C)COC. The van der Waals surface area contributed by atoms with Crippen LogP contribution in [0.4, 0.5) is 0 Å². The highest BCUT2D eigenvalue weighted by atomic mass is 16.5. The molecule has 0 saturated heterocycles. The second-order valence-electron chi connectivity index (χ2n) is 3.04. The highest BCUT2D eigenvalue weighted by molar-refractivity contribution is 4.67. The molecule has 1 unspecified atom stereocenters. The Balaban J connectivity index is 3.44. The van der Waals surface area contributed by atoms with Gasteiger partial charge in [-0.05, 0) is 19.8 Å². The molecule has 11 heavy (non-hydrogen) atoms. The van der Waals surface area contributed by atoms with Crippen LogP contribution in [-0.2, 0) is 4.74 Å². The standard InChI is InChI=1S/C9H21NO/c1-5-9(6-2)10-8(3)7-11-4/h8-10H,5-7H2,1-4H3. The topological polar surface area (TPSA) is 21.3 Å². The van der Waals surface area contributed by atoms with E-state index in [1.807, 2.05) is 0 Å². The minimum absolute atomic E-state index is 0.477. The van der Waals surface area contributed by atoms with Gasteiger partial charge in [0, 0.05) is 19.2 Å². The fourth-order valence-corrected chi connectivity index (χ4v) is 1.22. The summed E-state index contributed by atoms with van der Waals surface area (Å²) in [5, 5.41) is 3.49. The molecule has 0 aliphatic heterocycles. The Kier molecular flexibility index (Phi) is 6.57. The van der Waals surface area contributed by atoms with E-state index in [0.29, 0.717) is 12.1 Å². The minimum atomic E-state index is 0.477. The molecule has 0 aromatic carbocycles. The number of hydrogen-bond acceptors (Lipinski definition) is 2. The van der Waals surface area contributed by atoms with Crippen molar-refractivity contribution < 1.29 is 4.74 Å². The lowest BCUT2D eigenvalue weighted by Gasteiger charge is -2.20. The summed E-state index contributed by atoms with van der Waals surface area (Å²) >= 11 is 0. The Labute approximate surface area is 70.3 Å². The molecule has 0 fully saturated rings. The van der Waals surface area contributed by atoms with E-state index in [2.05, 4.69) is 26.1 Å². The summed E-state index contributed by atoms with van der Waals surface area (Å²) in [5.41, 5.74) is 0. The fourth-order valence-electron chi connectivity index (χ4n) is 1.22. The summed E-state index contributed by atoms with van der Waals surface area (Å²) in [6.07, 6.45) is 2.40. The van der Waals surface area contributed by atoms with Gasteiger partial charge in [-0.1, -0.05) is 13.8 Å². The van der Waals surface area contributed by atoms with Crippen LogP contribution >= 0.6 is 0 Å². The molecule has 0 aromatic heterocycles. The maximum Gasteiger partial charge on any atom is 0.0613 e. The first kappa shape index (κ1) is 10.9. The molecule has 0 heterocycles. The number of ether oxygens (including phenoxy) is 1. The fraction of sp³-hybridized carbons (Fsp3) is 1.00. The maximum atomic E-state index is 5.03. The first-order valence-electron chi connectivity index (χ1n) is 4.49. The van der Waals surface area contributed by atoms with Gasteiger partial charge >= 0.3 is 0 Å². The summed E-state index contributed by atoms with van der Waals surface area (Å²) in [4.78, 5) is 0. The van der Waals surface area contributed by atoms with Crippen molar-refractivity contribution in [3.63, 3.8) is 0 Å². The van der Waals surface area contributed by atoms with Gasteiger partial charge in [-0.3, -0.25) is 0 Å². The third-order valence-corrected chi connectivity index (χ3v) is 1.92. The van der Waals surface area contributed by atoms with Crippen molar-refractivity contribution in [2.45, 2.75) is 45.7 Å². The molecule has 0 bridgehead atoms. The molecular weight excluding hydrogens is 138 g/mol. The predicted octanol–water partition coefficient (Wildman–Crippen LogP) is 1.80. The van der Waals surface area contributed by atoms with Crippen molar-refractivity contribution in [3.05, 3.63) is 0 Å². The smallest absolute Gasteiger partial charge is 0.0613 e. The molecule has 0 aliphatic rings. The minimum Gasteiger partial charge on any atom is -0.383 e. The van der Waals surface area contributed by atoms with Gasteiger partial charge in [0.1, 0.15) is 0 Å². The molecule has 0 aliphatic carbocycles. The van der Waals surface area contributed by atoms with E-state index in [9.17, 15) is 0 Å². The number of nitrogens with one attached hydrogen (secondary N) is 1. The summed E-state index contributed by atoms with van der Waals surface area (Å²) in [6, 6.07) is 1.13. The molecule has 68 valence electrons. The van der Waals surface area contributed by atoms with E-state index in [1.165, 1.54) is 12.8 Å². The van der Waals surface area contributed by atoms with Crippen LogP contribution in [0.2, 0.25) is 0 Å². The highest BCUT2D eigenvalue weighted by Gasteiger charge is 2.06. The van der Waals surface area contributed by atoms with E-state index < -0.39 is 0 Å². The lowest BCUT2D eigenvalue weighted by Crippen LogP contribution is -2.38. The van der Waals surface area contributed by atoms with Crippen molar-refractivity contribution in [1.82, 2.24) is 5.32 Å². The van der Waals surface area contributed by atoms with Crippen LogP contribution in [0.15, 0.2) is 0 Å². The van der Waals surface area contributed by atoms with Crippen molar-refractivity contribution in [1.29, 1.82) is 0 Å². The molecule has 2 nitrogen and oxygen atoms in total. The first-order chi connectivity index (χ1) is 5.24. The van der Waals surface area contributed by atoms with Gasteiger partial charge in [0.15, 0.2) is 0 Å². The van der Waals surface area contributed by atoms with Crippen LogP contribution in [0.25, 0.3) is 0 Å². The summed E-state index contributed by atoms with van der Waals surface area (Å²) in [5.74, 6) is 0. The molecule has 0 aromatic rings. The average Bonchev–Trinajstić information content (AvgIpc) is 2.01. The summed E-state index contributed by atoms with van der Waals surface area (Å²) in [7, 11) is 1.74. The molecule has 0 rings (SSSR count). The van der Waals surface area contributed by atoms with Gasteiger partial charge < -0.3 is 10.1 Å². The highest BCUT2D eigenvalue weighted by Crippen LogP contribution is 1.97. The molecule has 0 amide bonds. The molecule has 0 radical (unpaired) electrons. The van der Waals surface area contributed by atoms with Crippen LogP contribution in [0.5, 0.6) is 0 Å². The van der Waals surface area contributed by atoms with Crippen LogP contribution in [0, 0.1) is 0 Å². The van der Waals surface area contributed by atoms with Gasteiger partial charge in [0.2, 0.25) is 0 Å². The second kappa shape index (κ2) is 6.62. The lowest BCUT2D eigenvalue weighted by molar-refractivity contribution is 0.165. The average molecular weight is 159 g/mol. The Morgan fingerprint density at radius 1 is 1.27 bits per heavy atom. The maximum absolute atomic E-state index is 5.03. The summed E-state index contributed by atoms with van der Waals surface area (Å²) in [6.45, 7) is 7.37. The van der Waals surface area contributed by atoms with Crippen LogP contribution in [-0.4, -0.2) is 25.8 Å². The van der Waals surface area contributed by atoms with Gasteiger partial charge in [0.25, 0.3) is 0 Å². The number of methoxy groups -OCH3 is 1. The van der Waals surface area contributed by atoms with E-state index >= 15 is 0 Å². The van der Waals surface area contributed by atoms with Gasteiger partial charge in [-0.2, -0.15) is 0 Å². The van der Waals surface area contributed by atoms with E-state index in [4.69, 9.17) is 4.74 Å². The van der Waals surface area contributed by atoms with Crippen molar-refractivity contribution in [3.8, 4) is 0 Å². The Hall–Kier alpha value is -0.0800. The van der Waals surface area contributed by atoms with Crippen LogP contribution in [0.1, 0.15) is 33.6 Å². The van der Waals surface area contributed by atoms with E-state index in [0.717, 1.165) is 6.61 Å². The number of hydrogen-bond donors (Lipinski definition) is 1. The van der Waals surface area contributed by atoms with Gasteiger partial charge in [-0.25, -0.2) is 0 Å². The zero-order chi connectivity index (χ0) is 8.69. The molecule has 1 atom stereocenters. The third kappa shape index (κ3) is 5.22. The van der Waals surface area contributed by atoms with E-state index in [1.54, 1.807) is 7.11 Å². The monoisotopic (exact) mass is 159 g/mol. The van der Waals surface area contributed by atoms with Crippen molar-refractivity contribution >= 4 is 0 Å². The number of rotatable bonds is 6. The quantitative estimate of drug-likeness (QED) is 0.638. The van der Waals surface area contributed by atoms with Crippen LogP contribution in [0.3, 0.4) is 0 Å². The van der Waals surface area contributed by atoms with Crippen LogP contribution < -0.4 is 5.32 Å². The molecule has 1 N–H and O–H groups in total. The third-order valence-electron chi connectivity index (χ3n) is 1.92. The zero-order valence-corrected chi connectivity index (χ0v) is 8.18. The zero-order valence-electron chi connectivity index (χ0n) is 8.18. The molecular formula is C9H21NO. The summed E-state index contributed by atoms with van der Waals surface area (Å²) < 4.78 is 5.03. The van der Waals surface area contributed by atoms with Gasteiger partial charge in [-0.15, -0.1) is 0 Å². The Bertz CT molecular complexity index is 81.6. The second-order valence-corrected chi connectivity index (χ2v) is 3.04. The Morgan fingerprint density at radius 2 is 1.82 bits per heavy atom. The predicted molar refractivity (Wildman–Crippen MR) is 48.8 cm³/mol. The van der Waals surface area contributed by atoms with Crippen molar-refractivity contribution in [2.75, 3.05) is 13.7 Å². The normalized spacial score (nSPS) is 13.9. The molecule has 2 heteroatoms. The van der Waals surface area contributed by atoms with E-state index in [-0.39, 0.29) is 0 Å². The molecule has 0 saturated carbocycles. The Morgan fingerprint density at radius 3 is 2.18 bits per heavy atom. The molecule has 0 spiro atoms. The first-order valence-corrected chi connectivity index (χ1v) is 4.49. The largest absolute Gasteiger partial charge is 0.383 e. The van der Waals surface area contributed by atoms with Crippen molar-refractivity contribution in [2.24, 2.45) is 0 Å². The lowest BCUT2D eigenvalue weighted by atomic mass is 10.1. The van der Waals surface area contributed by atoms with Gasteiger partial charge in [0.05, 0.1) is 6.61 Å².